The summed E-state index contributed by atoms with van der Waals surface area (Å²) in [6.45, 7) is 1.81. The van der Waals surface area contributed by atoms with Gasteiger partial charge in [0.05, 0.1) is 23.0 Å². The lowest BCUT2D eigenvalue weighted by atomic mass is 10.0. The van der Waals surface area contributed by atoms with Crippen LogP contribution < -0.4 is 5.32 Å². The van der Waals surface area contributed by atoms with Gasteiger partial charge in [0, 0.05) is 10.6 Å². The number of aromatic nitrogens is 2. The number of hydrogen-bond donors (Lipinski definition) is 1. The molecule has 4 rings (SSSR count). The fourth-order valence-corrected chi connectivity index (χ4v) is 4.70. The van der Waals surface area contributed by atoms with Crippen molar-refractivity contribution in [3.8, 4) is 5.69 Å². The Kier molecular flexibility index (Phi) is 4.74. The van der Waals surface area contributed by atoms with Crippen LogP contribution in [0, 0.1) is 6.92 Å². The third kappa shape index (κ3) is 3.13. The summed E-state index contributed by atoms with van der Waals surface area (Å²) in [5.74, 6) is 0.805. The van der Waals surface area contributed by atoms with Gasteiger partial charge >= 0.3 is 0 Å². The SMILES string of the molecule is Cc1nn(-c2ccccc2)c(Cl)c1C(=O)N[C@@H]1CCSc2ccccc21. The van der Waals surface area contributed by atoms with Crippen LogP contribution in [-0.4, -0.2) is 21.4 Å². The molecule has 0 unspecified atom stereocenters. The Bertz CT molecular complexity index is 955. The molecule has 3 aromatic rings. The zero-order chi connectivity index (χ0) is 18.1. The summed E-state index contributed by atoms with van der Waals surface area (Å²) in [5.41, 5.74) is 3.06. The quantitative estimate of drug-likeness (QED) is 0.706. The maximum absolute atomic E-state index is 13.0. The molecule has 0 saturated carbocycles. The normalized spacial score (nSPS) is 16.2. The Morgan fingerprint density at radius 1 is 1.19 bits per heavy atom. The molecule has 1 aromatic heterocycles. The molecular formula is C20H18ClN3OS. The second kappa shape index (κ2) is 7.17. The first-order valence-corrected chi connectivity index (χ1v) is 9.84. The molecular weight excluding hydrogens is 366 g/mol. The Morgan fingerprint density at radius 2 is 1.92 bits per heavy atom. The number of para-hydroxylation sites is 1. The van der Waals surface area contributed by atoms with Crippen molar-refractivity contribution in [2.24, 2.45) is 0 Å². The highest BCUT2D eigenvalue weighted by Crippen LogP contribution is 2.36. The minimum atomic E-state index is -0.179. The summed E-state index contributed by atoms with van der Waals surface area (Å²) in [6, 6.07) is 17.8. The van der Waals surface area contributed by atoms with Gasteiger partial charge in [0.15, 0.2) is 0 Å². The number of nitrogens with one attached hydrogen (secondary N) is 1. The highest BCUT2D eigenvalue weighted by atomic mass is 35.5. The number of amides is 1. The van der Waals surface area contributed by atoms with Gasteiger partial charge in [-0.3, -0.25) is 4.79 Å². The fourth-order valence-electron chi connectivity index (χ4n) is 3.22. The van der Waals surface area contributed by atoms with Crippen LogP contribution in [0.5, 0.6) is 0 Å². The van der Waals surface area contributed by atoms with Gasteiger partial charge < -0.3 is 5.32 Å². The Morgan fingerprint density at radius 3 is 2.73 bits per heavy atom. The summed E-state index contributed by atoms with van der Waals surface area (Å²) in [4.78, 5) is 14.2. The minimum Gasteiger partial charge on any atom is -0.345 e. The average Bonchev–Trinajstić information content (AvgIpc) is 2.97. The Hall–Kier alpha value is -2.24. The highest BCUT2D eigenvalue weighted by molar-refractivity contribution is 7.99. The van der Waals surface area contributed by atoms with Gasteiger partial charge in [0.2, 0.25) is 0 Å². The van der Waals surface area contributed by atoms with Gasteiger partial charge in [-0.15, -0.1) is 11.8 Å². The van der Waals surface area contributed by atoms with Crippen molar-refractivity contribution in [3.05, 3.63) is 76.6 Å². The molecule has 132 valence electrons. The number of aryl methyl sites for hydroxylation is 1. The molecule has 26 heavy (non-hydrogen) atoms. The molecule has 6 heteroatoms. The lowest BCUT2D eigenvalue weighted by Crippen LogP contribution is -2.31. The van der Waals surface area contributed by atoms with Crippen molar-refractivity contribution < 1.29 is 4.79 Å². The van der Waals surface area contributed by atoms with Crippen molar-refractivity contribution in [1.82, 2.24) is 15.1 Å². The van der Waals surface area contributed by atoms with E-state index < -0.39 is 0 Å². The Balaban J connectivity index is 1.63. The van der Waals surface area contributed by atoms with Gasteiger partial charge in [0.25, 0.3) is 5.91 Å². The van der Waals surface area contributed by atoms with Crippen molar-refractivity contribution in [2.45, 2.75) is 24.3 Å². The topological polar surface area (TPSA) is 46.9 Å². The van der Waals surface area contributed by atoms with E-state index in [1.807, 2.05) is 61.2 Å². The molecule has 1 atom stereocenters. The molecule has 0 radical (unpaired) electrons. The number of thioether (sulfide) groups is 1. The van der Waals surface area contributed by atoms with Crippen LogP contribution in [0.3, 0.4) is 0 Å². The predicted octanol–water partition coefficient (Wildman–Crippen LogP) is 4.80. The van der Waals surface area contributed by atoms with Gasteiger partial charge in [-0.25, -0.2) is 4.68 Å². The van der Waals surface area contributed by atoms with Crippen LogP contribution in [-0.2, 0) is 0 Å². The third-order valence-electron chi connectivity index (χ3n) is 4.50. The molecule has 0 aliphatic carbocycles. The largest absolute Gasteiger partial charge is 0.345 e. The Labute approximate surface area is 161 Å². The van der Waals surface area contributed by atoms with Crippen LogP contribution in [0.1, 0.15) is 34.1 Å². The summed E-state index contributed by atoms with van der Waals surface area (Å²) >= 11 is 8.34. The average molecular weight is 384 g/mol. The van der Waals surface area contributed by atoms with E-state index in [4.69, 9.17) is 11.6 Å². The molecule has 4 nitrogen and oxygen atoms in total. The molecule has 0 fully saturated rings. The summed E-state index contributed by atoms with van der Waals surface area (Å²) in [7, 11) is 0. The van der Waals surface area contributed by atoms with E-state index >= 15 is 0 Å². The van der Waals surface area contributed by atoms with Crippen molar-refractivity contribution in [2.75, 3.05) is 5.75 Å². The molecule has 1 aliphatic heterocycles. The lowest BCUT2D eigenvalue weighted by Gasteiger charge is -2.25. The lowest BCUT2D eigenvalue weighted by molar-refractivity contribution is 0.0934. The van der Waals surface area contributed by atoms with Crippen LogP contribution >= 0.6 is 23.4 Å². The molecule has 1 amide bonds. The maximum atomic E-state index is 13.0. The van der Waals surface area contributed by atoms with Crippen molar-refractivity contribution in [3.63, 3.8) is 0 Å². The predicted molar refractivity (Wildman–Crippen MR) is 105 cm³/mol. The molecule has 0 bridgehead atoms. The van der Waals surface area contributed by atoms with E-state index in [0.29, 0.717) is 16.4 Å². The second-order valence-corrected chi connectivity index (χ2v) is 7.69. The van der Waals surface area contributed by atoms with E-state index in [-0.39, 0.29) is 11.9 Å². The zero-order valence-corrected chi connectivity index (χ0v) is 15.8. The van der Waals surface area contributed by atoms with Crippen molar-refractivity contribution in [1.29, 1.82) is 0 Å². The number of hydrogen-bond acceptors (Lipinski definition) is 3. The summed E-state index contributed by atoms with van der Waals surface area (Å²) < 4.78 is 1.61. The molecule has 0 saturated heterocycles. The van der Waals surface area contributed by atoms with Crippen LogP contribution in [0.2, 0.25) is 5.15 Å². The number of halogens is 1. The zero-order valence-electron chi connectivity index (χ0n) is 14.3. The molecule has 2 aromatic carbocycles. The van der Waals surface area contributed by atoms with E-state index in [1.165, 1.54) is 10.5 Å². The monoisotopic (exact) mass is 383 g/mol. The number of carbonyl (C=O) groups is 1. The van der Waals surface area contributed by atoms with E-state index in [9.17, 15) is 4.79 Å². The third-order valence-corrected chi connectivity index (χ3v) is 5.97. The van der Waals surface area contributed by atoms with E-state index in [1.54, 1.807) is 4.68 Å². The van der Waals surface area contributed by atoms with Gasteiger partial charge in [0.1, 0.15) is 5.15 Å². The van der Waals surface area contributed by atoms with Crippen LogP contribution in [0.4, 0.5) is 0 Å². The smallest absolute Gasteiger partial charge is 0.256 e. The van der Waals surface area contributed by atoms with Crippen molar-refractivity contribution >= 4 is 29.3 Å². The first-order chi connectivity index (χ1) is 12.6. The number of nitrogens with zero attached hydrogens (tertiary/aromatic N) is 2. The molecule has 2 heterocycles. The highest BCUT2D eigenvalue weighted by Gasteiger charge is 2.26. The number of rotatable bonds is 3. The van der Waals surface area contributed by atoms with E-state index in [0.717, 1.165) is 17.9 Å². The van der Waals surface area contributed by atoms with Gasteiger partial charge in [-0.05, 0) is 37.1 Å². The maximum Gasteiger partial charge on any atom is 0.256 e. The standard InChI is InChI=1S/C20H18ClN3OS/c1-13-18(19(21)24(23-13)14-7-3-2-4-8-14)20(25)22-16-11-12-26-17-10-6-5-9-15(16)17/h2-10,16H,11-12H2,1H3,(H,22,25)/t16-/m1/s1. The van der Waals surface area contributed by atoms with Crippen LogP contribution in [0.15, 0.2) is 59.5 Å². The second-order valence-electron chi connectivity index (χ2n) is 6.20. The number of benzene rings is 2. The first kappa shape index (κ1) is 17.2. The summed E-state index contributed by atoms with van der Waals surface area (Å²) in [6.07, 6.45) is 0.900. The minimum absolute atomic E-state index is 0.00417. The number of fused-ring (bicyclic) bond motifs is 1. The van der Waals surface area contributed by atoms with Gasteiger partial charge in [-0.2, -0.15) is 5.10 Å². The summed E-state index contributed by atoms with van der Waals surface area (Å²) in [5, 5.41) is 7.94. The first-order valence-electron chi connectivity index (χ1n) is 8.48. The van der Waals surface area contributed by atoms with Crippen LogP contribution in [0.25, 0.3) is 5.69 Å². The molecule has 1 N–H and O–H groups in total. The molecule has 1 aliphatic rings. The fraction of sp³-hybridized carbons (Fsp3) is 0.200. The van der Waals surface area contributed by atoms with Gasteiger partial charge in [-0.1, -0.05) is 48.0 Å². The number of carbonyl (C=O) groups excluding carboxylic acids is 1. The van der Waals surface area contributed by atoms with E-state index in [2.05, 4.69) is 22.5 Å². The molecule has 0 spiro atoms.